The van der Waals surface area contributed by atoms with Crippen LogP contribution < -0.4 is 10.3 Å². The molecule has 2 rings (SSSR count). The second-order valence-electron chi connectivity index (χ2n) is 4.85. The number of sulfonamides is 1. The molecule has 1 fully saturated rings. The monoisotopic (exact) mass is 299 g/mol. The Balaban J connectivity index is 2.02. The van der Waals surface area contributed by atoms with Gasteiger partial charge in [0, 0.05) is 37.8 Å². The summed E-state index contributed by atoms with van der Waals surface area (Å²) in [6, 6.07) is 2.01. The lowest BCUT2D eigenvalue weighted by molar-refractivity contribution is -0.127. The third-order valence-corrected chi connectivity index (χ3v) is 4.68. The van der Waals surface area contributed by atoms with E-state index >= 15 is 0 Å². The van der Waals surface area contributed by atoms with Crippen molar-refractivity contribution < 1.29 is 13.2 Å². The molecule has 1 amide bonds. The van der Waals surface area contributed by atoms with E-state index in [-0.39, 0.29) is 16.4 Å². The first-order chi connectivity index (χ1) is 9.38. The molecule has 1 aromatic rings. The SMILES string of the molecule is CC(CN1CCCC1=O)NS(=O)(=O)c1ccc(=O)[nH]c1. The average Bonchev–Trinajstić information content (AvgIpc) is 2.74. The number of H-pyrrole nitrogens is 1. The van der Waals surface area contributed by atoms with Crippen LogP contribution in [-0.2, 0) is 14.8 Å². The Morgan fingerprint density at radius 1 is 1.40 bits per heavy atom. The van der Waals surface area contributed by atoms with Gasteiger partial charge in [0.25, 0.3) is 0 Å². The van der Waals surface area contributed by atoms with Crippen LogP contribution in [0, 0.1) is 0 Å². The maximum atomic E-state index is 12.1. The number of likely N-dealkylation sites (tertiary alicyclic amines) is 1. The number of amides is 1. The lowest BCUT2D eigenvalue weighted by Gasteiger charge is -2.21. The van der Waals surface area contributed by atoms with Crippen LogP contribution in [0.25, 0.3) is 0 Å². The van der Waals surface area contributed by atoms with Gasteiger partial charge in [-0.05, 0) is 19.4 Å². The zero-order valence-electron chi connectivity index (χ0n) is 11.1. The summed E-state index contributed by atoms with van der Waals surface area (Å²) in [5.74, 6) is 0.0556. The Morgan fingerprint density at radius 3 is 2.70 bits per heavy atom. The van der Waals surface area contributed by atoms with E-state index in [0.29, 0.717) is 19.5 Å². The summed E-state index contributed by atoms with van der Waals surface area (Å²) >= 11 is 0. The molecular formula is C12H17N3O4S. The molecule has 0 aromatic carbocycles. The minimum absolute atomic E-state index is 0.00306. The molecule has 2 heterocycles. The molecule has 2 N–H and O–H groups in total. The van der Waals surface area contributed by atoms with Crippen molar-refractivity contribution in [3.05, 3.63) is 28.7 Å². The molecule has 0 aliphatic carbocycles. The van der Waals surface area contributed by atoms with Gasteiger partial charge in [-0.2, -0.15) is 0 Å². The Hall–Kier alpha value is -1.67. The van der Waals surface area contributed by atoms with Crippen LogP contribution in [0.2, 0.25) is 0 Å². The zero-order valence-corrected chi connectivity index (χ0v) is 11.9. The molecule has 1 aliphatic rings. The van der Waals surface area contributed by atoms with Gasteiger partial charge in [-0.1, -0.05) is 0 Å². The minimum atomic E-state index is -3.69. The molecule has 0 radical (unpaired) electrons. The molecule has 1 saturated heterocycles. The Labute approximate surface area is 117 Å². The third-order valence-electron chi connectivity index (χ3n) is 3.09. The molecule has 110 valence electrons. The largest absolute Gasteiger partial charge is 0.341 e. The number of aromatic amines is 1. The summed E-state index contributed by atoms with van der Waals surface area (Å²) in [5, 5.41) is 0. The number of aromatic nitrogens is 1. The summed E-state index contributed by atoms with van der Waals surface area (Å²) in [4.78, 5) is 26.4. The molecule has 1 atom stereocenters. The van der Waals surface area contributed by atoms with Gasteiger partial charge in [-0.15, -0.1) is 0 Å². The topological polar surface area (TPSA) is 99.3 Å². The maximum Gasteiger partial charge on any atom is 0.247 e. The van der Waals surface area contributed by atoms with Gasteiger partial charge in [-0.3, -0.25) is 9.59 Å². The quantitative estimate of drug-likeness (QED) is 0.777. The van der Waals surface area contributed by atoms with E-state index in [4.69, 9.17) is 0 Å². The van der Waals surface area contributed by atoms with Crippen LogP contribution in [0.5, 0.6) is 0 Å². The number of rotatable bonds is 5. The fraction of sp³-hybridized carbons (Fsp3) is 0.500. The standard InChI is InChI=1S/C12H17N3O4S/c1-9(8-15-6-2-3-12(15)17)14-20(18,19)10-4-5-11(16)13-7-10/h4-5,7,9,14H,2-3,6,8H2,1H3,(H,13,16). The molecular weight excluding hydrogens is 282 g/mol. The van der Waals surface area contributed by atoms with Crippen LogP contribution in [0.1, 0.15) is 19.8 Å². The number of pyridine rings is 1. The summed E-state index contributed by atoms with van der Waals surface area (Å²) in [5.41, 5.74) is -0.361. The highest BCUT2D eigenvalue weighted by Crippen LogP contribution is 2.11. The molecule has 20 heavy (non-hydrogen) atoms. The number of hydrogen-bond donors (Lipinski definition) is 2. The highest BCUT2D eigenvalue weighted by molar-refractivity contribution is 7.89. The predicted octanol–water partition coefficient (Wildman–Crippen LogP) is -0.336. The van der Waals surface area contributed by atoms with Crippen LogP contribution in [0.15, 0.2) is 28.0 Å². The Bertz CT molecular complexity index is 632. The second-order valence-corrected chi connectivity index (χ2v) is 6.57. The number of carbonyl (C=O) groups is 1. The molecule has 0 spiro atoms. The lowest BCUT2D eigenvalue weighted by atomic mass is 10.3. The lowest BCUT2D eigenvalue weighted by Crippen LogP contribution is -2.42. The number of carbonyl (C=O) groups excluding carboxylic acids is 1. The zero-order chi connectivity index (χ0) is 14.8. The van der Waals surface area contributed by atoms with E-state index in [2.05, 4.69) is 9.71 Å². The molecule has 0 bridgehead atoms. The number of hydrogen-bond acceptors (Lipinski definition) is 4. The second kappa shape index (κ2) is 5.76. The van der Waals surface area contributed by atoms with E-state index in [0.717, 1.165) is 18.7 Å². The first-order valence-electron chi connectivity index (χ1n) is 6.37. The maximum absolute atomic E-state index is 12.1. The van der Waals surface area contributed by atoms with Crippen molar-refractivity contribution >= 4 is 15.9 Å². The van der Waals surface area contributed by atoms with Gasteiger partial charge >= 0.3 is 0 Å². The minimum Gasteiger partial charge on any atom is -0.341 e. The summed E-state index contributed by atoms with van der Waals surface area (Å²) in [6.45, 7) is 2.72. The summed E-state index contributed by atoms with van der Waals surface area (Å²) in [6.07, 6.45) is 2.50. The molecule has 1 aromatic heterocycles. The fourth-order valence-corrected chi connectivity index (χ4v) is 3.36. The van der Waals surface area contributed by atoms with E-state index in [1.54, 1.807) is 11.8 Å². The average molecular weight is 299 g/mol. The van der Waals surface area contributed by atoms with Crippen LogP contribution >= 0.6 is 0 Å². The van der Waals surface area contributed by atoms with Crippen LogP contribution in [-0.4, -0.2) is 43.3 Å². The third kappa shape index (κ3) is 3.45. The fourth-order valence-electron chi connectivity index (χ4n) is 2.16. The van der Waals surface area contributed by atoms with Gasteiger partial charge in [-0.25, -0.2) is 13.1 Å². The first-order valence-corrected chi connectivity index (χ1v) is 7.85. The van der Waals surface area contributed by atoms with Gasteiger partial charge in [0.1, 0.15) is 0 Å². The highest BCUT2D eigenvalue weighted by Gasteiger charge is 2.24. The van der Waals surface area contributed by atoms with Gasteiger partial charge in [0.15, 0.2) is 0 Å². The van der Waals surface area contributed by atoms with E-state index in [1.165, 1.54) is 6.07 Å². The summed E-state index contributed by atoms with van der Waals surface area (Å²) in [7, 11) is -3.69. The van der Waals surface area contributed by atoms with E-state index < -0.39 is 16.1 Å². The number of nitrogens with one attached hydrogen (secondary N) is 2. The smallest absolute Gasteiger partial charge is 0.247 e. The van der Waals surface area contributed by atoms with Crippen molar-refractivity contribution in [1.29, 1.82) is 0 Å². The van der Waals surface area contributed by atoms with Crippen molar-refractivity contribution in [3.8, 4) is 0 Å². The number of nitrogens with zero attached hydrogens (tertiary/aromatic N) is 1. The molecule has 1 aliphatic heterocycles. The molecule has 0 saturated carbocycles. The van der Waals surface area contributed by atoms with Crippen LogP contribution in [0.3, 0.4) is 0 Å². The van der Waals surface area contributed by atoms with Crippen molar-refractivity contribution in [2.24, 2.45) is 0 Å². The van der Waals surface area contributed by atoms with E-state index in [1.807, 2.05) is 0 Å². The van der Waals surface area contributed by atoms with Gasteiger partial charge in [0.05, 0.1) is 4.90 Å². The molecule has 1 unspecified atom stereocenters. The van der Waals surface area contributed by atoms with Crippen molar-refractivity contribution in [1.82, 2.24) is 14.6 Å². The van der Waals surface area contributed by atoms with Crippen molar-refractivity contribution in [3.63, 3.8) is 0 Å². The van der Waals surface area contributed by atoms with E-state index in [9.17, 15) is 18.0 Å². The normalized spacial score (nSPS) is 17.4. The Kier molecular flexibility index (Phi) is 4.24. The van der Waals surface area contributed by atoms with Crippen molar-refractivity contribution in [2.45, 2.75) is 30.7 Å². The van der Waals surface area contributed by atoms with Gasteiger partial charge in [0.2, 0.25) is 21.5 Å². The highest BCUT2D eigenvalue weighted by atomic mass is 32.2. The Morgan fingerprint density at radius 2 is 2.15 bits per heavy atom. The molecule has 7 nitrogen and oxygen atoms in total. The van der Waals surface area contributed by atoms with Gasteiger partial charge < -0.3 is 9.88 Å². The first kappa shape index (κ1) is 14.7. The molecule has 8 heteroatoms. The van der Waals surface area contributed by atoms with Crippen LogP contribution in [0.4, 0.5) is 0 Å². The summed E-state index contributed by atoms with van der Waals surface area (Å²) < 4.78 is 26.6. The predicted molar refractivity (Wildman–Crippen MR) is 72.7 cm³/mol. The van der Waals surface area contributed by atoms with Crippen molar-refractivity contribution in [2.75, 3.05) is 13.1 Å².